The molecule has 4 saturated carbocycles. The van der Waals surface area contributed by atoms with Gasteiger partial charge in [0.25, 0.3) is 0 Å². The first-order chi connectivity index (χ1) is 9.29. The molecule has 0 spiro atoms. The molecule has 0 radical (unpaired) electrons. The molecule has 4 aliphatic rings. The lowest BCUT2D eigenvalue weighted by Gasteiger charge is -2.54. The Balaban J connectivity index is 1.35. The number of nitrogens with two attached hydrogens (primary N) is 1. The van der Waals surface area contributed by atoms with Crippen LogP contribution in [-0.4, -0.2) is 10.3 Å². The molecule has 5 rings (SSSR count). The van der Waals surface area contributed by atoms with Crippen LogP contribution in [0.3, 0.4) is 0 Å². The lowest BCUT2D eigenvalue weighted by molar-refractivity contribution is -0.0402. The van der Waals surface area contributed by atoms with Crippen molar-refractivity contribution in [2.24, 2.45) is 29.6 Å². The summed E-state index contributed by atoms with van der Waals surface area (Å²) in [5.41, 5.74) is 6.56. The van der Waals surface area contributed by atoms with Gasteiger partial charge in [-0.2, -0.15) is 0 Å². The van der Waals surface area contributed by atoms with Crippen LogP contribution in [-0.2, 0) is 6.42 Å². The first-order valence-corrected chi connectivity index (χ1v) is 7.86. The first kappa shape index (κ1) is 11.7. The smallest absolute Gasteiger partial charge is 0.191 e. The van der Waals surface area contributed by atoms with Crippen molar-refractivity contribution < 1.29 is 4.63 Å². The van der Waals surface area contributed by atoms with Crippen molar-refractivity contribution in [2.75, 3.05) is 5.73 Å². The van der Waals surface area contributed by atoms with Crippen LogP contribution in [0.15, 0.2) is 4.63 Å². The van der Waals surface area contributed by atoms with Gasteiger partial charge in [-0.1, -0.05) is 5.16 Å². The van der Waals surface area contributed by atoms with Gasteiger partial charge < -0.3 is 5.73 Å². The van der Waals surface area contributed by atoms with Crippen molar-refractivity contribution in [1.29, 1.82) is 0 Å². The van der Waals surface area contributed by atoms with Crippen LogP contribution < -0.4 is 5.73 Å². The van der Waals surface area contributed by atoms with Crippen molar-refractivity contribution in [3.8, 4) is 0 Å². The van der Waals surface area contributed by atoms with Crippen LogP contribution >= 0.6 is 0 Å². The van der Waals surface area contributed by atoms with Crippen LogP contribution in [0, 0.1) is 29.6 Å². The summed E-state index contributed by atoms with van der Waals surface area (Å²) in [6.07, 6.45) is 11.1. The predicted molar refractivity (Wildman–Crippen MR) is 72.2 cm³/mol. The van der Waals surface area contributed by atoms with E-state index >= 15 is 0 Å². The number of anilines is 1. The number of hydrogen-bond donors (Lipinski definition) is 1. The normalized spacial score (nSPS) is 39.9. The van der Waals surface area contributed by atoms with Crippen molar-refractivity contribution in [1.82, 2.24) is 10.3 Å². The first-order valence-electron chi connectivity index (χ1n) is 7.86. The van der Waals surface area contributed by atoms with Gasteiger partial charge in [0, 0.05) is 0 Å². The van der Waals surface area contributed by atoms with E-state index in [0.29, 0.717) is 5.82 Å². The maximum atomic E-state index is 5.71. The summed E-state index contributed by atoms with van der Waals surface area (Å²) in [7, 11) is 0. The van der Waals surface area contributed by atoms with Crippen molar-refractivity contribution >= 4 is 5.82 Å². The van der Waals surface area contributed by atoms with Crippen LogP contribution in [0.2, 0.25) is 0 Å². The Bertz CT molecular complexity index is 428. The Morgan fingerprint density at radius 2 is 1.68 bits per heavy atom. The zero-order valence-corrected chi connectivity index (χ0v) is 11.4. The Hall–Kier alpha value is -1.06. The highest BCUT2D eigenvalue weighted by molar-refractivity contribution is 5.30. The van der Waals surface area contributed by atoms with Crippen LogP contribution in [0.1, 0.15) is 50.6 Å². The highest BCUT2D eigenvalue weighted by Gasteiger charge is 2.47. The fraction of sp³-hybridized carbons (Fsp3) is 0.867. The van der Waals surface area contributed by atoms with Crippen LogP contribution in [0.25, 0.3) is 0 Å². The van der Waals surface area contributed by atoms with Gasteiger partial charge >= 0.3 is 0 Å². The average Bonchev–Trinajstić information content (AvgIpc) is 2.78. The highest BCUT2D eigenvalue weighted by Crippen LogP contribution is 2.57. The van der Waals surface area contributed by atoms with E-state index in [1.165, 1.54) is 38.5 Å². The number of aryl methyl sites for hydroxylation is 1. The monoisotopic (exact) mass is 261 g/mol. The largest absolute Gasteiger partial charge is 0.379 e. The van der Waals surface area contributed by atoms with E-state index in [1.807, 2.05) is 0 Å². The van der Waals surface area contributed by atoms with E-state index in [9.17, 15) is 0 Å². The van der Waals surface area contributed by atoms with Crippen LogP contribution in [0.4, 0.5) is 5.82 Å². The fourth-order valence-corrected chi connectivity index (χ4v) is 5.40. The summed E-state index contributed by atoms with van der Waals surface area (Å²) in [6.45, 7) is 0. The third kappa shape index (κ3) is 2.05. The summed E-state index contributed by atoms with van der Waals surface area (Å²) in [5, 5.41) is 7.53. The molecule has 4 aliphatic carbocycles. The van der Waals surface area contributed by atoms with Gasteiger partial charge in [0.1, 0.15) is 5.69 Å². The Morgan fingerprint density at radius 3 is 2.26 bits per heavy atom. The maximum Gasteiger partial charge on any atom is 0.191 e. The minimum Gasteiger partial charge on any atom is -0.379 e. The molecule has 4 heteroatoms. The van der Waals surface area contributed by atoms with Gasteiger partial charge in [-0.3, -0.25) is 0 Å². The summed E-state index contributed by atoms with van der Waals surface area (Å²) in [4.78, 5) is 0. The van der Waals surface area contributed by atoms with Crippen molar-refractivity contribution in [3.05, 3.63) is 5.69 Å². The Kier molecular flexibility index (Phi) is 2.78. The number of rotatable bonds is 4. The molecule has 0 unspecified atom stereocenters. The Labute approximate surface area is 114 Å². The van der Waals surface area contributed by atoms with E-state index in [4.69, 9.17) is 5.73 Å². The summed E-state index contributed by atoms with van der Waals surface area (Å²) >= 11 is 0. The molecule has 4 fully saturated rings. The lowest BCUT2D eigenvalue weighted by Crippen LogP contribution is -2.45. The molecule has 104 valence electrons. The molecule has 1 heterocycles. The van der Waals surface area contributed by atoms with E-state index < -0.39 is 0 Å². The molecule has 4 bridgehead atoms. The third-order valence-electron chi connectivity index (χ3n) is 5.96. The quantitative estimate of drug-likeness (QED) is 0.904. The Morgan fingerprint density at radius 1 is 1.00 bits per heavy atom. The molecule has 0 amide bonds. The average molecular weight is 261 g/mol. The predicted octanol–water partition coefficient (Wildman–Crippen LogP) is 3.05. The van der Waals surface area contributed by atoms with Gasteiger partial charge in [0.15, 0.2) is 5.82 Å². The number of hydrogen-bond acceptors (Lipinski definition) is 4. The fourth-order valence-electron chi connectivity index (χ4n) is 5.40. The van der Waals surface area contributed by atoms with Gasteiger partial charge in [-0.15, -0.1) is 0 Å². The molecule has 19 heavy (non-hydrogen) atoms. The zero-order valence-electron chi connectivity index (χ0n) is 11.4. The molecule has 1 aromatic heterocycles. The van der Waals surface area contributed by atoms with E-state index in [2.05, 4.69) is 14.9 Å². The molecule has 0 aromatic carbocycles. The second kappa shape index (κ2) is 4.50. The highest BCUT2D eigenvalue weighted by atomic mass is 16.6. The van der Waals surface area contributed by atoms with Gasteiger partial charge in [-0.25, -0.2) is 4.63 Å². The molecule has 4 nitrogen and oxygen atoms in total. The van der Waals surface area contributed by atoms with E-state index in [1.54, 1.807) is 6.42 Å². The number of aromatic nitrogens is 2. The standard InChI is InChI=1S/C15H23N3O/c16-15-14(17-19-18-15)3-1-2-13-11-5-9-4-10(7-11)8-12(13)6-9/h9-13H,1-8H2,(H2,16,18). The van der Waals surface area contributed by atoms with Crippen molar-refractivity contribution in [2.45, 2.75) is 51.4 Å². The van der Waals surface area contributed by atoms with Gasteiger partial charge in [0.2, 0.25) is 0 Å². The van der Waals surface area contributed by atoms with E-state index in [-0.39, 0.29) is 0 Å². The zero-order chi connectivity index (χ0) is 12.8. The molecular formula is C15H23N3O. The lowest BCUT2D eigenvalue weighted by atomic mass is 9.51. The molecule has 1 aromatic rings. The second-order valence-corrected chi connectivity index (χ2v) is 7.08. The maximum absolute atomic E-state index is 5.71. The minimum absolute atomic E-state index is 0.477. The number of nitrogens with zero attached hydrogens (tertiary/aromatic N) is 2. The minimum atomic E-state index is 0.477. The molecule has 0 aliphatic heterocycles. The number of nitrogen functional groups attached to an aromatic ring is 1. The molecular weight excluding hydrogens is 238 g/mol. The SMILES string of the molecule is Nc1nonc1CCCC1C2CC3CC(C2)CC1C3. The second-order valence-electron chi connectivity index (χ2n) is 7.08. The van der Waals surface area contributed by atoms with Gasteiger partial charge in [-0.05, 0) is 86.1 Å². The van der Waals surface area contributed by atoms with E-state index in [0.717, 1.165) is 41.7 Å². The van der Waals surface area contributed by atoms with Crippen LogP contribution in [0.5, 0.6) is 0 Å². The summed E-state index contributed by atoms with van der Waals surface area (Å²) in [6, 6.07) is 0. The molecule has 0 saturated heterocycles. The topological polar surface area (TPSA) is 64.9 Å². The summed E-state index contributed by atoms with van der Waals surface area (Å²) < 4.78 is 4.66. The molecule has 0 atom stereocenters. The van der Waals surface area contributed by atoms with Gasteiger partial charge in [0.05, 0.1) is 0 Å². The van der Waals surface area contributed by atoms with Crippen molar-refractivity contribution in [3.63, 3.8) is 0 Å². The third-order valence-corrected chi connectivity index (χ3v) is 5.96. The molecule has 2 N–H and O–H groups in total. The summed E-state index contributed by atoms with van der Waals surface area (Å²) in [5.74, 6) is 5.68.